The number of thiazole rings is 1. The second kappa shape index (κ2) is 8.19. The van der Waals surface area contributed by atoms with Gasteiger partial charge in [0.2, 0.25) is 5.91 Å². The second-order valence-corrected chi connectivity index (χ2v) is 6.57. The lowest BCUT2D eigenvalue weighted by Crippen LogP contribution is -2.28. The number of benzene rings is 1. The van der Waals surface area contributed by atoms with E-state index in [0.717, 1.165) is 0 Å². The van der Waals surface area contributed by atoms with Crippen LogP contribution in [0.1, 0.15) is 19.5 Å². The predicted octanol–water partition coefficient (Wildman–Crippen LogP) is 4.10. The average Bonchev–Trinajstić information content (AvgIpc) is 2.93. The molecule has 1 amide bonds. The van der Waals surface area contributed by atoms with E-state index in [2.05, 4.69) is 20.4 Å². The van der Waals surface area contributed by atoms with Gasteiger partial charge in [-0.25, -0.2) is 4.98 Å². The molecular weight excluding hydrogens is 355 g/mol. The van der Waals surface area contributed by atoms with E-state index in [4.69, 9.17) is 0 Å². The van der Waals surface area contributed by atoms with Crippen molar-refractivity contribution in [2.75, 3.05) is 11.9 Å². The van der Waals surface area contributed by atoms with Crippen LogP contribution in [-0.2, 0) is 11.2 Å². The van der Waals surface area contributed by atoms with Gasteiger partial charge < -0.3 is 15.4 Å². The lowest BCUT2D eigenvalue weighted by molar-refractivity contribution is -0.274. The van der Waals surface area contributed by atoms with E-state index in [1.807, 2.05) is 13.8 Å². The number of nitrogens with zero attached hydrogens (tertiary/aromatic N) is 1. The molecule has 2 aromatic rings. The molecule has 2 N–H and O–H groups in total. The van der Waals surface area contributed by atoms with E-state index < -0.39 is 6.36 Å². The summed E-state index contributed by atoms with van der Waals surface area (Å²) in [6, 6.07) is 5.34. The Kier molecular flexibility index (Phi) is 6.24. The van der Waals surface area contributed by atoms with Crippen molar-refractivity contribution in [3.8, 4) is 5.75 Å². The van der Waals surface area contributed by atoms with Gasteiger partial charge >= 0.3 is 6.36 Å². The van der Waals surface area contributed by atoms with Crippen molar-refractivity contribution >= 4 is 28.1 Å². The molecule has 136 valence electrons. The quantitative estimate of drug-likeness (QED) is 0.767. The number of aromatic nitrogens is 1. The Morgan fingerprint density at radius 1 is 1.28 bits per heavy atom. The minimum absolute atomic E-state index is 0.0980. The molecule has 0 spiro atoms. The van der Waals surface area contributed by atoms with Gasteiger partial charge in [0.25, 0.3) is 0 Å². The van der Waals surface area contributed by atoms with Crippen LogP contribution in [0.2, 0.25) is 0 Å². The van der Waals surface area contributed by atoms with Gasteiger partial charge in [-0.2, -0.15) is 0 Å². The minimum atomic E-state index is -4.71. The molecule has 9 heteroatoms. The lowest BCUT2D eigenvalue weighted by atomic mass is 10.2. The van der Waals surface area contributed by atoms with E-state index in [1.165, 1.54) is 35.6 Å². The average molecular weight is 373 g/mol. The largest absolute Gasteiger partial charge is 0.573 e. The smallest absolute Gasteiger partial charge is 0.406 e. The molecule has 1 heterocycles. The highest BCUT2D eigenvalue weighted by molar-refractivity contribution is 7.13. The third-order valence-electron chi connectivity index (χ3n) is 2.94. The van der Waals surface area contributed by atoms with Crippen molar-refractivity contribution in [2.45, 2.75) is 26.6 Å². The number of nitrogens with one attached hydrogen (secondary N) is 2. The summed E-state index contributed by atoms with van der Waals surface area (Å²) in [7, 11) is 0. The van der Waals surface area contributed by atoms with E-state index in [1.54, 1.807) is 5.38 Å². The molecule has 0 saturated heterocycles. The van der Waals surface area contributed by atoms with Crippen LogP contribution < -0.4 is 15.4 Å². The molecule has 0 bridgehead atoms. The first-order valence-corrected chi connectivity index (χ1v) is 8.43. The summed E-state index contributed by atoms with van der Waals surface area (Å²) in [6.45, 7) is 4.63. The topological polar surface area (TPSA) is 63.2 Å². The SMILES string of the molecule is CC(C)CNC(=O)Cc1csc(Nc2ccc(OC(F)(F)F)cc2)n1. The van der Waals surface area contributed by atoms with Crippen LogP contribution in [0.15, 0.2) is 29.6 Å². The molecule has 0 atom stereocenters. The van der Waals surface area contributed by atoms with Crippen molar-refractivity contribution in [2.24, 2.45) is 5.92 Å². The summed E-state index contributed by atoms with van der Waals surface area (Å²) in [4.78, 5) is 16.1. The Hall–Kier alpha value is -2.29. The molecule has 0 fully saturated rings. The molecule has 1 aromatic carbocycles. The van der Waals surface area contributed by atoms with Gasteiger partial charge in [-0.15, -0.1) is 24.5 Å². The van der Waals surface area contributed by atoms with Crippen LogP contribution in [0.25, 0.3) is 0 Å². The maximum absolute atomic E-state index is 12.1. The van der Waals surface area contributed by atoms with E-state index >= 15 is 0 Å². The summed E-state index contributed by atoms with van der Waals surface area (Å²) in [5.74, 6) is -0.0141. The number of carbonyl (C=O) groups is 1. The summed E-state index contributed by atoms with van der Waals surface area (Å²) in [5, 5.41) is 8.10. The number of anilines is 2. The van der Waals surface area contributed by atoms with Gasteiger partial charge in [0, 0.05) is 17.6 Å². The molecule has 25 heavy (non-hydrogen) atoms. The third-order valence-corrected chi connectivity index (χ3v) is 3.75. The van der Waals surface area contributed by atoms with Crippen LogP contribution in [-0.4, -0.2) is 23.8 Å². The van der Waals surface area contributed by atoms with Crippen LogP contribution in [0.4, 0.5) is 24.0 Å². The molecule has 0 aliphatic rings. The minimum Gasteiger partial charge on any atom is -0.406 e. The van der Waals surface area contributed by atoms with E-state index in [0.29, 0.717) is 29.0 Å². The number of hydrogen-bond donors (Lipinski definition) is 2. The van der Waals surface area contributed by atoms with Gasteiger partial charge in [-0.1, -0.05) is 13.8 Å². The van der Waals surface area contributed by atoms with Gasteiger partial charge in [-0.3, -0.25) is 4.79 Å². The van der Waals surface area contributed by atoms with Gasteiger partial charge in [-0.05, 0) is 30.2 Å². The van der Waals surface area contributed by atoms with Gasteiger partial charge in [0.15, 0.2) is 5.13 Å². The van der Waals surface area contributed by atoms with E-state index in [-0.39, 0.29) is 18.1 Å². The fourth-order valence-electron chi connectivity index (χ4n) is 1.85. The van der Waals surface area contributed by atoms with Crippen molar-refractivity contribution in [3.63, 3.8) is 0 Å². The zero-order chi connectivity index (χ0) is 18.4. The molecule has 0 aliphatic heterocycles. The van der Waals surface area contributed by atoms with Crippen molar-refractivity contribution in [3.05, 3.63) is 35.3 Å². The van der Waals surface area contributed by atoms with Crippen LogP contribution >= 0.6 is 11.3 Å². The zero-order valence-corrected chi connectivity index (χ0v) is 14.5. The number of amides is 1. The Morgan fingerprint density at radius 3 is 2.56 bits per heavy atom. The van der Waals surface area contributed by atoms with Gasteiger partial charge in [0.05, 0.1) is 12.1 Å². The molecule has 0 aliphatic carbocycles. The lowest BCUT2D eigenvalue weighted by Gasteiger charge is -2.09. The normalized spacial score (nSPS) is 11.4. The molecule has 2 rings (SSSR count). The maximum Gasteiger partial charge on any atom is 0.573 e. The second-order valence-electron chi connectivity index (χ2n) is 5.72. The molecule has 0 radical (unpaired) electrons. The summed E-state index contributed by atoms with van der Waals surface area (Å²) in [6.07, 6.45) is -4.53. The Labute approximate surface area is 147 Å². The monoisotopic (exact) mass is 373 g/mol. The number of carbonyl (C=O) groups excluding carboxylic acids is 1. The third kappa shape index (κ3) is 7.00. The van der Waals surface area contributed by atoms with Crippen LogP contribution in [0.5, 0.6) is 5.75 Å². The highest BCUT2D eigenvalue weighted by Crippen LogP contribution is 2.26. The summed E-state index contributed by atoms with van der Waals surface area (Å²) >= 11 is 1.31. The number of alkyl halides is 3. The highest BCUT2D eigenvalue weighted by atomic mass is 32.1. The number of rotatable bonds is 7. The standard InChI is InChI=1S/C16H18F3N3O2S/c1-10(2)8-20-14(23)7-12-9-25-15(22-12)21-11-3-5-13(6-4-11)24-16(17,18)19/h3-6,9-10H,7-8H2,1-2H3,(H,20,23)(H,21,22). The van der Waals surface area contributed by atoms with E-state index in [9.17, 15) is 18.0 Å². The van der Waals surface area contributed by atoms with Crippen LogP contribution in [0.3, 0.4) is 0 Å². The first-order chi connectivity index (χ1) is 11.7. The number of hydrogen-bond acceptors (Lipinski definition) is 5. The molecule has 0 unspecified atom stereocenters. The number of ether oxygens (including phenoxy) is 1. The molecule has 5 nitrogen and oxygen atoms in total. The fraction of sp³-hybridized carbons (Fsp3) is 0.375. The highest BCUT2D eigenvalue weighted by Gasteiger charge is 2.30. The number of halogens is 3. The van der Waals surface area contributed by atoms with Crippen molar-refractivity contribution in [1.29, 1.82) is 0 Å². The van der Waals surface area contributed by atoms with Crippen molar-refractivity contribution in [1.82, 2.24) is 10.3 Å². The van der Waals surface area contributed by atoms with Crippen LogP contribution in [0, 0.1) is 5.92 Å². The van der Waals surface area contributed by atoms with Crippen molar-refractivity contribution < 1.29 is 22.7 Å². The zero-order valence-electron chi connectivity index (χ0n) is 13.7. The molecule has 1 aromatic heterocycles. The Balaban J connectivity index is 1.89. The maximum atomic E-state index is 12.1. The first kappa shape index (κ1) is 19.0. The Bertz CT molecular complexity index is 699. The predicted molar refractivity (Wildman–Crippen MR) is 90.1 cm³/mol. The summed E-state index contributed by atoms with van der Waals surface area (Å²) < 4.78 is 40.2. The molecule has 0 saturated carbocycles. The fourth-order valence-corrected chi connectivity index (χ4v) is 2.58. The Morgan fingerprint density at radius 2 is 1.96 bits per heavy atom. The summed E-state index contributed by atoms with van der Waals surface area (Å²) in [5.41, 5.74) is 1.20. The van der Waals surface area contributed by atoms with Gasteiger partial charge in [0.1, 0.15) is 5.75 Å². The first-order valence-electron chi connectivity index (χ1n) is 7.55. The molecular formula is C16H18F3N3O2S.